The molecule has 5 rings (SSSR count). The van der Waals surface area contributed by atoms with Crippen molar-refractivity contribution < 1.29 is 14.3 Å². The molecule has 1 N–H and O–H groups in total. The molecule has 3 heterocycles. The van der Waals surface area contributed by atoms with Gasteiger partial charge >= 0.3 is 0 Å². The third-order valence-corrected chi connectivity index (χ3v) is 7.10. The van der Waals surface area contributed by atoms with Gasteiger partial charge in [0.1, 0.15) is 12.4 Å². The Kier molecular flexibility index (Phi) is 7.42. The molecule has 184 valence electrons. The van der Waals surface area contributed by atoms with Crippen LogP contribution >= 0.6 is 0 Å². The molecule has 35 heavy (non-hydrogen) atoms. The Hall–Kier alpha value is -3.19. The second kappa shape index (κ2) is 11.0. The van der Waals surface area contributed by atoms with Crippen LogP contribution in [0.1, 0.15) is 36.9 Å². The first-order valence-electron chi connectivity index (χ1n) is 12.7. The van der Waals surface area contributed by atoms with Gasteiger partial charge in [-0.1, -0.05) is 36.4 Å². The molecule has 2 bridgehead atoms. The predicted molar refractivity (Wildman–Crippen MR) is 133 cm³/mol. The van der Waals surface area contributed by atoms with Gasteiger partial charge < -0.3 is 15.0 Å². The van der Waals surface area contributed by atoms with E-state index in [-0.39, 0.29) is 23.7 Å². The minimum absolute atomic E-state index is 0.123. The smallest absolute Gasteiger partial charge is 0.236 e. The van der Waals surface area contributed by atoms with E-state index < -0.39 is 0 Å². The summed E-state index contributed by atoms with van der Waals surface area (Å²) in [7, 11) is 0. The molecular weight excluding hydrogens is 440 g/mol. The van der Waals surface area contributed by atoms with Crippen molar-refractivity contribution in [1.29, 1.82) is 0 Å². The molecular formula is C28H34N4O3. The van der Waals surface area contributed by atoms with Gasteiger partial charge in [-0.05, 0) is 49.3 Å². The second-order valence-electron chi connectivity index (χ2n) is 9.91. The van der Waals surface area contributed by atoms with Crippen molar-refractivity contribution in [1.82, 2.24) is 20.1 Å². The largest absolute Gasteiger partial charge is 0.489 e. The molecule has 3 aliphatic rings. The molecule has 1 saturated carbocycles. The molecule has 2 atom stereocenters. The molecule has 1 saturated heterocycles. The van der Waals surface area contributed by atoms with E-state index in [1.54, 1.807) is 6.20 Å². The molecule has 2 amide bonds. The summed E-state index contributed by atoms with van der Waals surface area (Å²) in [6.07, 6.45) is 9.52. The highest BCUT2D eigenvalue weighted by atomic mass is 16.5. The Labute approximate surface area is 207 Å². The van der Waals surface area contributed by atoms with Gasteiger partial charge in [-0.3, -0.25) is 19.5 Å². The van der Waals surface area contributed by atoms with Gasteiger partial charge in [-0.25, -0.2) is 0 Å². The van der Waals surface area contributed by atoms with Gasteiger partial charge in [0.05, 0.1) is 12.2 Å². The number of pyridine rings is 1. The highest BCUT2D eigenvalue weighted by Gasteiger charge is 2.33. The van der Waals surface area contributed by atoms with E-state index in [9.17, 15) is 9.59 Å². The summed E-state index contributed by atoms with van der Waals surface area (Å²) in [4.78, 5) is 34.6. The van der Waals surface area contributed by atoms with Gasteiger partial charge in [0, 0.05) is 50.4 Å². The fourth-order valence-electron chi connectivity index (χ4n) is 5.05. The van der Waals surface area contributed by atoms with Crippen molar-refractivity contribution in [3.8, 4) is 5.75 Å². The molecule has 0 radical (unpaired) electrons. The number of fused-ring (bicyclic) bond motifs is 3. The summed E-state index contributed by atoms with van der Waals surface area (Å²) >= 11 is 0. The molecule has 0 unspecified atom stereocenters. The molecule has 0 spiro atoms. The van der Waals surface area contributed by atoms with Crippen molar-refractivity contribution in [2.45, 2.75) is 44.8 Å². The van der Waals surface area contributed by atoms with Gasteiger partial charge in [0.15, 0.2) is 0 Å². The average Bonchev–Trinajstić information content (AvgIpc) is 3.67. The maximum atomic E-state index is 13.5. The fourth-order valence-corrected chi connectivity index (χ4v) is 5.05. The number of ether oxygens (including phenoxy) is 1. The van der Waals surface area contributed by atoms with E-state index in [0.29, 0.717) is 51.8 Å². The minimum Gasteiger partial charge on any atom is -0.489 e. The maximum Gasteiger partial charge on any atom is 0.236 e. The lowest BCUT2D eigenvalue weighted by Gasteiger charge is -2.38. The number of para-hydroxylation sites is 1. The van der Waals surface area contributed by atoms with E-state index in [4.69, 9.17) is 4.74 Å². The first-order valence-corrected chi connectivity index (χ1v) is 12.7. The van der Waals surface area contributed by atoms with Crippen molar-refractivity contribution in [2.24, 2.45) is 11.8 Å². The normalized spacial score (nSPS) is 24.2. The van der Waals surface area contributed by atoms with Crippen molar-refractivity contribution >= 4 is 11.8 Å². The first-order chi connectivity index (χ1) is 17.1. The number of hydrogen-bond acceptors (Lipinski definition) is 5. The zero-order chi connectivity index (χ0) is 24.0. The van der Waals surface area contributed by atoms with Crippen LogP contribution in [0.4, 0.5) is 0 Å². The number of amides is 2. The standard InChI is InChI=1S/C28H34N4O3/c33-27(30-24-10-11-24)16-21-12-14-32-18-22(21)7-5-15-35-26-9-2-1-6-23(26)17-31(20-28(32)34)19-25-8-3-4-13-29-25/h1-9,13,21-22,24H,10-12,14-20H2,(H,30,33)/b7-5+/t21-,22-/m0/s1. The lowest BCUT2D eigenvalue weighted by Crippen LogP contribution is -2.47. The van der Waals surface area contributed by atoms with Crippen molar-refractivity contribution in [3.05, 3.63) is 72.1 Å². The number of carbonyl (C=O) groups excluding carboxylic acids is 2. The minimum atomic E-state index is 0.123. The Balaban J connectivity index is 1.35. The number of nitrogens with zero attached hydrogens (tertiary/aromatic N) is 3. The summed E-state index contributed by atoms with van der Waals surface area (Å²) < 4.78 is 6.13. The Morgan fingerprint density at radius 2 is 1.94 bits per heavy atom. The Morgan fingerprint density at radius 1 is 1.09 bits per heavy atom. The summed E-state index contributed by atoms with van der Waals surface area (Å²) in [5, 5.41) is 3.12. The van der Waals surface area contributed by atoms with Crippen molar-refractivity contribution in [2.75, 3.05) is 26.2 Å². The van der Waals surface area contributed by atoms with Crippen LogP contribution in [0.3, 0.4) is 0 Å². The quantitative estimate of drug-likeness (QED) is 0.674. The topological polar surface area (TPSA) is 74.8 Å². The number of benzene rings is 1. The highest BCUT2D eigenvalue weighted by molar-refractivity contribution is 5.79. The zero-order valence-corrected chi connectivity index (χ0v) is 20.1. The summed E-state index contributed by atoms with van der Waals surface area (Å²) in [6.45, 7) is 3.29. The second-order valence-corrected chi connectivity index (χ2v) is 9.91. The molecule has 7 heteroatoms. The van der Waals surface area contributed by atoms with Crippen LogP contribution in [0, 0.1) is 11.8 Å². The van der Waals surface area contributed by atoms with E-state index in [1.807, 2.05) is 47.4 Å². The monoisotopic (exact) mass is 474 g/mol. The molecule has 1 aliphatic carbocycles. The number of carbonyl (C=O) groups is 2. The summed E-state index contributed by atoms with van der Waals surface area (Å²) in [6, 6.07) is 14.3. The lowest BCUT2D eigenvalue weighted by molar-refractivity contribution is -0.135. The van der Waals surface area contributed by atoms with Gasteiger partial charge in [-0.15, -0.1) is 0 Å². The van der Waals surface area contributed by atoms with Crippen LogP contribution in [-0.4, -0.2) is 58.9 Å². The molecule has 2 aliphatic heterocycles. The van der Waals surface area contributed by atoms with Gasteiger partial charge in [0.25, 0.3) is 0 Å². The van der Waals surface area contributed by atoms with Gasteiger partial charge in [0.2, 0.25) is 11.8 Å². The fraction of sp³-hybridized carbons (Fsp3) is 0.464. The summed E-state index contributed by atoms with van der Waals surface area (Å²) in [5.74, 6) is 1.47. The van der Waals surface area contributed by atoms with Crippen LogP contribution in [0.25, 0.3) is 0 Å². The van der Waals surface area contributed by atoms with Crippen LogP contribution < -0.4 is 10.1 Å². The van der Waals surface area contributed by atoms with E-state index in [0.717, 1.165) is 36.3 Å². The Bertz CT molecular complexity index is 1050. The molecule has 1 aromatic heterocycles. The Morgan fingerprint density at radius 3 is 2.77 bits per heavy atom. The van der Waals surface area contributed by atoms with Crippen LogP contribution in [0.2, 0.25) is 0 Å². The third kappa shape index (κ3) is 6.48. The first kappa shape index (κ1) is 23.5. The van der Waals surface area contributed by atoms with Crippen molar-refractivity contribution in [3.63, 3.8) is 0 Å². The molecule has 7 nitrogen and oxygen atoms in total. The van der Waals surface area contributed by atoms with Crippen LogP contribution in [0.5, 0.6) is 5.75 Å². The lowest BCUT2D eigenvalue weighted by atomic mass is 9.82. The number of aromatic nitrogens is 1. The predicted octanol–water partition coefficient (Wildman–Crippen LogP) is 3.17. The number of piperidine rings is 1. The maximum absolute atomic E-state index is 13.5. The van der Waals surface area contributed by atoms with E-state index in [1.165, 1.54) is 0 Å². The van der Waals surface area contributed by atoms with Crippen LogP contribution in [-0.2, 0) is 22.7 Å². The SMILES string of the molecule is O=C(C[C@@H]1CCN2C[C@@H]1/C=C/COc1ccccc1CN(Cc1ccccn1)CC2=O)NC1CC1. The van der Waals surface area contributed by atoms with Gasteiger partial charge in [-0.2, -0.15) is 0 Å². The van der Waals surface area contributed by atoms with E-state index in [2.05, 4.69) is 27.3 Å². The number of hydrogen-bond donors (Lipinski definition) is 1. The number of nitrogens with one attached hydrogen (secondary N) is 1. The zero-order valence-electron chi connectivity index (χ0n) is 20.1. The van der Waals surface area contributed by atoms with Crippen LogP contribution in [0.15, 0.2) is 60.8 Å². The third-order valence-electron chi connectivity index (χ3n) is 7.10. The average molecular weight is 475 g/mol. The highest BCUT2D eigenvalue weighted by Crippen LogP contribution is 2.30. The number of rotatable bonds is 5. The molecule has 2 aromatic rings. The van der Waals surface area contributed by atoms with E-state index >= 15 is 0 Å². The molecule has 1 aromatic carbocycles. The summed E-state index contributed by atoms with van der Waals surface area (Å²) in [5.41, 5.74) is 1.99. The molecule has 2 fully saturated rings.